The van der Waals surface area contributed by atoms with Crippen LogP contribution in [0.25, 0.3) is 6.08 Å². The molecule has 1 saturated carbocycles. The lowest BCUT2D eigenvalue weighted by atomic mass is 9.62. The molecule has 0 unspecified atom stereocenters. The van der Waals surface area contributed by atoms with Crippen molar-refractivity contribution in [2.75, 3.05) is 18.7 Å². The summed E-state index contributed by atoms with van der Waals surface area (Å²) in [5.74, 6) is -0.823. The first kappa shape index (κ1) is 20.5. The van der Waals surface area contributed by atoms with E-state index in [2.05, 4.69) is 12.1 Å². The van der Waals surface area contributed by atoms with Crippen molar-refractivity contribution in [2.45, 2.75) is 25.7 Å². The number of nitrogens with zero attached hydrogens (tertiary/aromatic N) is 3. The normalized spacial score (nSPS) is 22.6. The summed E-state index contributed by atoms with van der Waals surface area (Å²) in [6.07, 6.45) is 1.33. The van der Waals surface area contributed by atoms with Crippen molar-refractivity contribution >= 4 is 23.5 Å². The summed E-state index contributed by atoms with van der Waals surface area (Å²) in [5, 5.41) is 20.7. The quantitative estimate of drug-likeness (QED) is 0.720. The van der Waals surface area contributed by atoms with Gasteiger partial charge in [0.25, 0.3) is 0 Å². The minimum Gasteiger partial charge on any atom is -0.364 e. The number of hydrogen-bond acceptors (Lipinski definition) is 5. The number of Topliss-reactive ketones (excluding diaryl/α,β-unsaturated/α-hetero) is 1. The number of hydrogen-bond donors (Lipinski definition) is 0. The van der Waals surface area contributed by atoms with Crippen LogP contribution in [0, 0.1) is 41.9 Å². The van der Waals surface area contributed by atoms with Gasteiger partial charge in [-0.25, -0.2) is 0 Å². The van der Waals surface area contributed by atoms with Crippen molar-refractivity contribution in [3.8, 4) is 12.1 Å². The van der Waals surface area contributed by atoms with Crippen molar-refractivity contribution < 1.29 is 14.3 Å². The zero-order valence-electron chi connectivity index (χ0n) is 17.6. The van der Waals surface area contributed by atoms with Gasteiger partial charge in [0.1, 0.15) is 12.1 Å². The SMILES string of the molecule is COCN1C(=O)[C@]2(CC(=O)/C(=C/c3ccccc3)C2(C#N)C#N)c2cc(C)cc(C)c21. The first-order valence-corrected chi connectivity index (χ1v) is 9.92. The van der Waals surface area contributed by atoms with E-state index in [0.29, 0.717) is 16.8 Å². The Morgan fingerprint density at radius 1 is 1.13 bits per heavy atom. The van der Waals surface area contributed by atoms with E-state index in [1.54, 1.807) is 18.2 Å². The van der Waals surface area contributed by atoms with Gasteiger partial charge in [0.2, 0.25) is 5.91 Å². The van der Waals surface area contributed by atoms with Gasteiger partial charge in [-0.05, 0) is 36.6 Å². The maximum absolute atomic E-state index is 13.9. The van der Waals surface area contributed by atoms with Crippen LogP contribution in [0.2, 0.25) is 0 Å². The summed E-state index contributed by atoms with van der Waals surface area (Å²) in [5.41, 5.74) is 0.0586. The van der Waals surface area contributed by atoms with Gasteiger partial charge in [0.15, 0.2) is 11.2 Å². The predicted molar refractivity (Wildman–Crippen MR) is 115 cm³/mol. The van der Waals surface area contributed by atoms with Crippen molar-refractivity contribution in [3.05, 3.63) is 70.3 Å². The zero-order valence-corrected chi connectivity index (χ0v) is 17.6. The van der Waals surface area contributed by atoms with Crippen LogP contribution in [-0.4, -0.2) is 25.5 Å². The number of benzene rings is 2. The van der Waals surface area contributed by atoms with Gasteiger partial charge in [-0.3, -0.25) is 14.5 Å². The molecule has 1 spiro atoms. The van der Waals surface area contributed by atoms with E-state index in [1.165, 1.54) is 12.0 Å². The van der Waals surface area contributed by atoms with Gasteiger partial charge in [0, 0.05) is 19.1 Å². The van der Waals surface area contributed by atoms with Crippen LogP contribution in [0.3, 0.4) is 0 Å². The third-order valence-electron chi connectivity index (χ3n) is 6.26. The second kappa shape index (κ2) is 7.19. The Hall–Kier alpha value is -3.74. The number of amides is 1. The average Bonchev–Trinajstić information content (AvgIpc) is 3.14. The van der Waals surface area contributed by atoms with Crippen molar-refractivity contribution in [1.29, 1.82) is 10.5 Å². The molecule has 31 heavy (non-hydrogen) atoms. The average molecular weight is 411 g/mol. The largest absolute Gasteiger partial charge is 0.364 e. The number of ether oxygens (including phenoxy) is 1. The molecule has 1 aliphatic carbocycles. The fraction of sp³-hybridized carbons (Fsp3) is 0.280. The van der Waals surface area contributed by atoms with Crippen molar-refractivity contribution in [3.63, 3.8) is 0 Å². The monoisotopic (exact) mass is 411 g/mol. The number of aryl methyl sites for hydroxylation is 2. The summed E-state index contributed by atoms with van der Waals surface area (Å²) >= 11 is 0. The van der Waals surface area contributed by atoms with E-state index in [1.807, 2.05) is 44.2 Å². The van der Waals surface area contributed by atoms with Gasteiger partial charge in [-0.15, -0.1) is 0 Å². The maximum Gasteiger partial charge on any atom is 0.243 e. The molecule has 1 atom stereocenters. The van der Waals surface area contributed by atoms with E-state index in [9.17, 15) is 20.1 Å². The van der Waals surface area contributed by atoms with Gasteiger partial charge in [0.05, 0.1) is 17.8 Å². The highest BCUT2D eigenvalue weighted by Crippen LogP contribution is 2.62. The van der Waals surface area contributed by atoms with Gasteiger partial charge in [-0.1, -0.05) is 48.0 Å². The van der Waals surface area contributed by atoms with Crippen LogP contribution >= 0.6 is 0 Å². The highest BCUT2D eigenvalue weighted by Gasteiger charge is 2.72. The molecule has 1 amide bonds. The molecule has 1 heterocycles. The first-order chi connectivity index (χ1) is 14.9. The lowest BCUT2D eigenvalue weighted by Crippen LogP contribution is -2.49. The summed E-state index contributed by atoms with van der Waals surface area (Å²) in [6, 6.07) is 17.0. The van der Waals surface area contributed by atoms with Crippen molar-refractivity contribution in [1.82, 2.24) is 0 Å². The maximum atomic E-state index is 13.9. The number of rotatable bonds is 3. The standard InChI is InChI=1S/C25H21N3O3/c1-16-9-17(2)22-20(10-16)25(23(30)28(22)15-31-3)12-21(29)19(24(25,13-26)14-27)11-18-7-5-4-6-8-18/h4-11H,12,15H2,1-3H3/b19-11-/t25-/m0/s1. The van der Waals surface area contributed by atoms with E-state index in [-0.39, 0.29) is 24.5 Å². The number of carbonyl (C=O) groups is 2. The molecule has 6 heteroatoms. The highest BCUT2D eigenvalue weighted by molar-refractivity contribution is 6.19. The molecule has 154 valence electrons. The Morgan fingerprint density at radius 2 is 1.81 bits per heavy atom. The van der Waals surface area contributed by atoms with E-state index < -0.39 is 16.7 Å². The predicted octanol–water partition coefficient (Wildman–Crippen LogP) is 3.58. The molecule has 0 bridgehead atoms. The molecule has 2 aromatic carbocycles. The third-order valence-corrected chi connectivity index (χ3v) is 6.26. The number of fused-ring (bicyclic) bond motifs is 2. The van der Waals surface area contributed by atoms with Crippen LogP contribution in [0.1, 0.15) is 28.7 Å². The molecule has 0 saturated heterocycles. The molecule has 0 N–H and O–H groups in total. The highest BCUT2D eigenvalue weighted by atomic mass is 16.5. The Labute approximate surface area is 181 Å². The number of anilines is 1. The minimum atomic E-state index is -1.95. The van der Waals surface area contributed by atoms with Crippen molar-refractivity contribution in [2.24, 2.45) is 5.41 Å². The first-order valence-electron chi connectivity index (χ1n) is 9.92. The lowest BCUT2D eigenvalue weighted by molar-refractivity contribution is -0.127. The van der Waals surface area contributed by atoms with E-state index >= 15 is 0 Å². The molecule has 1 aliphatic heterocycles. The molecule has 1 fully saturated rings. The Bertz CT molecular complexity index is 1200. The minimum absolute atomic E-state index is 0.0314. The van der Waals surface area contributed by atoms with Gasteiger partial charge < -0.3 is 4.74 Å². The second-order valence-electron chi connectivity index (χ2n) is 8.08. The summed E-state index contributed by atoms with van der Waals surface area (Å²) in [6.45, 7) is 3.73. The Morgan fingerprint density at radius 3 is 2.42 bits per heavy atom. The lowest BCUT2D eigenvalue weighted by Gasteiger charge is -2.32. The second-order valence-corrected chi connectivity index (χ2v) is 8.08. The molecular formula is C25H21N3O3. The fourth-order valence-corrected chi connectivity index (χ4v) is 5.02. The fourth-order valence-electron chi connectivity index (χ4n) is 5.02. The van der Waals surface area contributed by atoms with E-state index in [0.717, 1.165) is 11.1 Å². The van der Waals surface area contributed by atoms with Crippen LogP contribution in [0.4, 0.5) is 5.69 Å². The third kappa shape index (κ3) is 2.59. The summed E-state index contributed by atoms with van der Waals surface area (Å²) in [7, 11) is 1.48. The van der Waals surface area contributed by atoms with Crippen LogP contribution in [0.15, 0.2) is 48.0 Å². The van der Waals surface area contributed by atoms with E-state index in [4.69, 9.17) is 4.74 Å². The molecule has 0 aromatic heterocycles. The smallest absolute Gasteiger partial charge is 0.243 e. The summed E-state index contributed by atoms with van der Waals surface area (Å²) in [4.78, 5) is 28.6. The van der Waals surface area contributed by atoms with Gasteiger partial charge in [-0.2, -0.15) is 10.5 Å². The number of carbonyl (C=O) groups excluding carboxylic acids is 2. The molecule has 2 aliphatic rings. The number of nitriles is 2. The summed E-state index contributed by atoms with van der Waals surface area (Å²) < 4.78 is 5.27. The molecular weight excluding hydrogens is 390 g/mol. The number of ketones is 1. The number of methoxy groups -OCH3 is 1. The molecule has 6 nitrogen and oxygen atoms in total. The topological polar surface area (TPSA) is 94.2 Å². The van der Waals surface area contributed by atoms with Crippen LogP contribution in [0.5, 0.6) is 0 Å². The zero-order chi connectivity index (χ0) is 22.4. The number of allylic oxidation sites excluding steroid dienone is 1. The molecule has 0 radical (unpaired) electrons. The molecule has 2 aromatic rings. The van der Waals surface area contributed by atoms with Crippen LogP contribution < -0.4 is 4.90 Å². The Balaban J connectivity index is 2.06. The van der Waals surface area contributed by atoms with Gasteiger partial charge >= 0.3 is 0 Å². The molecule has 4 rings (SSSR count). The Kier molecular flexibility index (Phi) is 4.76. The van der Waals surface area contributed by atoms with Crippen LogP contribution in [-0.2, 0) is 19.7 Å².